The van der Waals surface area contributed by atoms with Crippen molar-refractivity contribution in [1.82, 2.24) is 4.90 Å². The number of aliphatic hydroxyl groups is 1. The molecular weight excluding hydrogens is 238 g/mol. The third-order valence-corrected chi connectivity index (χ3v) is 2.70. The van der Waals surface area contributed by atoms with Crippen LogP contribution in [0.5, 0.6) is 0 Å². The number of carbonyl (C=O) groups excluding carboxylic acids is 1. The Morgan fingerprint density at radius 1 is 1.50 bits per heavy atom. The van der Waals surface area contributed by atoms with Crippen molar-refractivity contribution in [2.45, 2.75) is 25.6 Å². The molecule has 1 N–H and O–H groups in total. The van der Waals surface area contributed by atoms with E-state index < -0.39 is 5.60 Å². The average Bonchev–Trinajstić information content (AvgIpc) is 2.32. The summed E-state index contributed by atoms with van der Waals surface area (Å²) in [7, 11) is 1.58. The number of amides is 1. The summed E-state index contributed by atoms with van der Waals surface area (Å²) in [6, 6.07) is 0. The molecule has 1 amide bonds. The van der Waals surface area contributed by atoms with Crippen LogP contribution in [0.15, 0.2) is 0 Å². The molecule has 0 saturated carbocycles. The zero-order valence-corrected chi connectivity index (χ0v) is 11.3. The Morgan fingerprint density at radius 3 is 2.83 bits per heavy atom. The topological polar surface area (TPSA) is 68.2 Å². The van der Waals surface area contributed by atoms with Gasteiger partial charge in [0.15, 0.2) is 0 Å². The van der Waals surface area contributed by atoms with E-state index in [1.807, 2.05) is 13.8 Å². The van der Waals surface area contributed by atoms with Crippen molar-refractivity contribution in [1.29, 1.82) is 0 Å². The molecule has 0 spiro atoms. The lowest BCUT2D eigenvalue weighted by Gasteiger charge is -2.42. The van der Waals surface area contributed by atoms with Gasteiger partial charge in [-0.25, -0.2) is 0 Å². The molecule has 0 aliphatic carbocycles. The molecular formula is C12H23NO5. The van der Waals surface area contributed by atoms with E-state index in [2.05, 4.69) is 0 Å². The lowest BCUT2D eigenvalue weighted by atomic mass is 10.1. The number of nitrogens with zero attached hydrogens (tertiary/aromatic N) is 1. The number of hydrogen-bond donors (Lipinski definition) is 1. The molecule has 6 nitrogen and oxygen atoms in total. The minimum Gasteiger partial charge on any atom is -0.394 e. The summed E-state index contributed by atoms with van der Waals surface area (Å²) >= 11 is 0. The Morgan fingerprint density at radius 2 is 2.22 bits per heavy atom. The molecule has 0 aromatic heterocycles. The minimum atomic E-state index is -0.437. The molecule has 1 fully saturated rings. The number of hydrogen-bond acceptors (Lipinski definition) is 5. The number of rotatable bonds is 6. The highest BCUT2D eigenvalue weighted by molar-refractivity contribution is 5.77. The fourth-order valence-corrected chi connectivity index (χ4v) is 1.97. The van der Waals surface area contributed by atoms with Crippen LogP contribution in [0.4, 0.5) is 0 Å². The summed E-state index contributed by atoms with van der Waals surface area (Å²) in [5.74, 6) is -0.0825. The smallest absolute Gasteiger partial charge is 0.248 e. The van der Waals surface area contributed by atoms with Crippen molar-refractivity contribution < 1.29 is 24.1 Å². The second kappa shape index (κ2) is 7.04. The Balaban J connectivity index is 2.41. The van der Waals surface area contributed by atoms with Gasteiger partial charge in [0.2, 0.25) is 5.91 Å². The van der Waals surface area contributed by atoms with Gasteiger partial charge in [0.1, 0.15) is 6.61 Å². The summed E-state index contributed by atoms with van der Waals surface area (Å²) in [4.78, 5) is 13.6. The Bertz CT molecular complexity index is 269. The second-order valence-electron chi connectivity index (χ2n) is 5.00. The van der Waals surface area contributed by atoms with Gasteiger partial charge in [-0.05, 0) is 13.8 Å². The van der Waals surface area contributed by atoms with E-state index in [0.29, 0.717) is 26.3 Å². The molecule has 1 rings (SSSR count). The summed E-state index contributed by atoms with van der Waals surface area (Å²) in [6.45, 7) is 5.56. The van der Waals surface area contributed by atoms with Crippen molar-refractivity contribution in [3.05, 3.63) is 0 Å². The van der Waals surface area contributed by atoms with Gasteiger partial charge in [-0.1, -0.05) is 0 Å². The first kappa shape index (κ1) is 15.4. The van der Waals surface area contributed by atoms with Gasteiger partial charge in [-0.3, -0.25) is 4.79 Å². The van der Waals surface area contributed by atoms with Gasteiger partial charge in [-0.15, -0.1) is 0 Å². The van der Waals surface area contributed by atoms with Gasteiger partial charge in [0.25, 0.3) is 0 Å². The monoisotopic (exact) mass is 261 g/mol. The van der Waals surface area contributed by atoms with Crippen molar-refractivity contribution in [3.8, 4) is 0 Å². The highest BCUT2D eigenvalue weighted by Gasteiger charge is 2.35. The van der Waals surface area contributed by atoms with Crippen LogP contribution in [-0.4, -0.2) is 74.2 Å². The molecule has 6 heteroatoms. The maximum absolute atomic E-state index is 11.9. The third kappa shape index (κ3) is 4.89. The number of morpholine rings is 1. The van der Waals surface area contributed by atoms with Crippen LogP contribution >= 0.6 is 0 Å². The maximum atomic E-state index is 11.9. The van der Waals surface area contributed by atoms with Gasteiger partial charge in [0, 0.05) is 20.2 Å². The molecule has 1 atom stereocenters. The van der Waals surface area contributed by atoms with Gasteiger partial charge in [-0.2, -0.15) is 0 Å². The van der Waals surface area contributed by atoms with Crippen LogP contribution in [0.1, 0.15) is 13.8 Å². The number of carbonyl (C=O) groups is 1. The van der Waals surface area contributed by atoms with Crippen molar-refractivity contribution in [2.24, 2.45) is 0 Å². The van der Waals surface area contributed by atoms with E-state index in [4.69, 9.17) is 19.3 Å². The van der Waals surface area contributed by atoms with E-state index in [9.17, 15) is 4.79 Å². The summed E-state index contributed by atoms with van der Waals surface area (Å²) < 4.78 is 15.7. The van der Waals surface area contributed by atoms with Crippen LogP contribution in [0, 0.1) is 0 Å². The standard InChI is InChI=1S/C12H23NO5/c1-12(2)9-13(6-10(7-14)18-12)11(15)8-17-5-4-16-3/h10,14H,4-9H2,1-3H3. The zero-order chi connectivity index (χ0) is 13.6. The van der Waals surface area contributed by atoms with Crippen LogP contribution in [0.25, 0.3) is 0 Å². The van der Waals surface area contributed by atoms with E-state index >= 15 is 0 Å². The fourth-order valence-electron chi connectivity index (χ4n) is 1.97. The van der Waals surface area contributed by atoms with E-state index in [1.54, 1.807) is 12.0 Å². The van der Waals surface area contributed by atoms with Gasteiger partial charge in [0.05, 0.1) is 31.5 Å². The predicted molar refractivity (Wildman–Crippen MR) is 65.3 cm³/mol. The Hall–Kier alpha value is -0.690. The molecule has 0 radical (unpaired) electrons. The molecule has 0 aromatic rings. The highest BCUT2D eigenvalue weighted by Crippen LogP contribution is 2.20. The second-order valence-corrected chi connectivity index (χ2v) is 5.00. The molecule has 18 heavy (non-hydrogen) atoms. The maximum Gasteiger partial charge on any atom is 0.248 e. The molecule has 106 valence electrons. The molecule has 0 aromatic carbocycles. The molecule has 1 unspecified atom stereocenters. The Kier molecular flexibility index (Phi) is 6.01. The minimum absolute atomic E-state index is 0.0393. The van der Waals surface area contributed by atoms with Crippen molar-refractivity contribution in [3.63, 3.8) is 0 Å². The number of methoxy groups -OCH3 is 1. The van der Waals surface area contributed by atoms with Crippen LogP contribution < -0.4 is 0 Å². The first-order valence-electron chi connectivity index (χ1n) is 6.11. The first-order valence-corrected chi connectivity index (χ1v) is 6.11. The van der Waals surface area contributed by atoms with E-state index in [0.717, 1.165) is 0 Å². The fraction of sp³-hybridized carbons (Fsp3) is 0.917. The molecule has 0 bridgehead atoms. The lowest BCUT2D eigenvalue weighted by Crippen LogP contribution is -2.56. The first-order chi connectivity index (χ1) is 8.48. The van der Waals surface area contributed by atoms with Crippen molar-refractivity contribution in [2.75, 3.05) is 46.6 Å². The summed E-state index contributed by atoms with van der Waals surface area (Å²) in [5.41, 5.74) is -0.437. The predicted octanol–water partition coefficient (Wildman–Crippen LogP) is -0.352. The third-order valence-electron chi connectivity index (χ3n) is 2.70. The zero-order valence-electron chi connectivity index (χ0n) is 11.3. The quantitative estimate of drug-likeness (QED) is 0.662. The van der Waals surface area contributed by atoms with E-state index in [1.165, 1.54) is 0 Å². The van der Waals surface area contributed by atoms with Gasteiger partial charge < -0.3 is 24.2 Å². The van der Waals surface area contributed by atoms with Gasteiger partial charge >= 0.3 is 0 Å². The number of aliphatic hydroxyl groups excluding tert-OH is 1. The number of ether oxygens (including phenoxy) is 3. The van der Waals surface area contributed by atoms with Crippen LogP contribution in [0.3, 0.4) is 0 Å². The van der Waals surface area contributed by atoms with E-state index in [-0.39, 0.29) is 25.2 Å². The normalized spacial score (nSPS) is 23.1. The lowest BCUT2D eigenvalue weighted by molar-refractivity contribution is -0.170. The van der Waals surface area contributed by atoms with Crippen LogP contribution in [0.2, 0.25) is 0 Å². The molecule has 1 heterocycles. The SMILES string of the molecule is COCCOCC(=O)N1CC(CO)OC(C)(C)C1. The summed E-state index contributed by atoms with van der Waals surface area (Å²) in [5, 5.41) is 9.16. The molecule has 1 aliphatic heterocycles. The average molecular weight is 261 g/mol. The summed E-state index contributed by atoms with van der Waals surface area (Å²) in [6.07, 6.45) is -0.323. The largest absolute Gasteiger partial charge is 0.394 e. The Labute approximate surface area is 108 Å². The molecule has 1 saturated heterocycles. The van der Waals surface area contributed by atoms with Crippen LogP contribution in [-0.2, 0) is 19.0 Å². The highest BCUT2D eigenvalue weighted by atomic mass is 16.5. The van der Waals surface area contributed by atoms with Crippen molar-refractivity contribution >= 4 is 5.91 Å². The molecule has 1 aliphatic rings.